The van der Waals surface area contributed by atoms with Crippen LogP contribution in [0.4, 0.5) is 5.69 Å². The zero-order valence-corrected chi connectivity index (χ0v) is 19.1. The smallest absolute Gasteiger partial charge is 0.335 e. The molecule has 1 aromatic carbocycles. The van der Waals surface area contributed by atoms with Crippen LogP contribution in [-0.4, -0.2) is 86.1 Å². The van der Waals surface area contributed by atoms with Gasteiger partial charge in [0.2, 0.25) is 0 Å². The van der Waals surface area contributed by atoms with Gasteiger partial charge < -0.3 is 30.6 Å². The summed E-state index contributed by atoms with van der Waals surface area (Å²) in [7, 11) is 0. The Morgan fingerprint density at radius 1 is 1.09 bits per heavy atom. The number of nitro groups is 1. The van der Waals surface area contributed by atoms with Crippen molar-refractivity contribution in [2.24, 2.45) is 0 Å². The molecule has 2 aliphatic rings. The van der Waals surface area contributed by atoms with Crippen molar-refractivity contribution in [1.29, 1.82) is 0 Å². The standard InChI is InChI=1S/C13H18N2O2.C5H11N.C4H6O6/c1-11-3-2-9-14(11)10-8-12-4-6-13(7-5-12)15(16)17;1-5-3-2-4-6-5;5-1(3(7)8)2(6)4(9)10/h4-7,11H,2-3,8-10H2,1H3;5-6H,2-4H2,1H3;1-2,5-6H,(H,7,8)(H,9,10)/t11-;5-;1-,2-/m111/s1. The summed E-state index contributed by atoms with van der Waals surface area (Å²) in [5.74, 6) is -3.54. The highest BCUT2D eigenvalue weighted by molar-refractivity contribution is 5.83. The zero-order valence-electron chi connectivity index (χ0n) is 19.1. The molecule has 0 radical (unpaired) electrons. The van der Waals surface area contributed by atoms with Gasteiger partial charge in [-0.25, -0.2) is 9.59 Å². The number of nitrogens with one attached hydrogen (secondary N) is 1. The van der Waals surface area contributed by atoms with Crippen LogP contribution in [-0.2, 0) is 16.0 Å². The van der Waals surface area contributed by atoms with Crippen LogP contribution in [0.2, 0.25) is 0 Å². The van der Waals surface area contributed by atoms with Crippen LogP contribution in [0.3, 0.4) is 0 Å². The summed E-state index contributed by atoms with van der Waals surface area (Å²) in [6, 6.07) is 8.38. The maximum Gasteiger partial charge on any atom is 0.335 e. The van der Waals surface area contributed by atoms with Crippen molar-refractivity contribution < 1.29 is 34.9 Å². The Morgan fingerprint density at radius 2 is 1.67 bits per heavy atom. The van der Waals surface area contributed by atoms with Gasteiger partial charge in [-0.05, 0) is 64.6 Å². The Morgan fingerprint density at radius 3 is 2.00 bits per heavy atom. The molecule has 0 aromatic heterocycles. The van der Waals surface area contributed by atoms with Crippen LogP contribution in [0.1, 0.15) is 45.1 Å². The zero-order chi connectivity index (χ0) is 25.0. The molecule has 0 spiro atoms. The number of hydrogen-bond donors (Lipinski definition) is 5. The number of aliphatic carboxylic acids is 2. The van der Waals surface area contributed by atoms with Crippen molar-refractivity contribution in [3.8, 4) is 0 Å². The van der Waals surface area contributed by atoms with Crippen LogP contribution >= 0.6 is 0 Å². The fourth-order valence-corrected chi connectivity index (χ4v) is 3.51. The van der Waals surface area contributed by atoms with Crippen LogP contribution in [0.5, 0.6) is 0 Å². The molecule has 33 heavy (non-hydrogen) atoms. The summed E-state index contributed by atoms with van der Waals surface area (Å²) in [5.41, 5.74) is 1.35. The SMILES string of the molecule is C[C@@H]1CCCN1.C[C@@H]1CCCN1CCc1ccc([N+](=O)[O-])cc1.O=C(O)[C@H](O)[C@@H](O)C(=O)O. The van der Waals surface area contributed by atoms with Crippen molar-refractivity contribution in [3.05, 3.63) is 39.9 Å². The highest BCUT2D eigenvalue weighted by Crippen LogP contribution is 2.18. The van der Waals surface area contributed by atoms with Gasteiger partial charge in [-0.3, -0.25) is 10.1 Å². The van der Waals surface area contributed by atoms with E-state index in [0.29, 0.717) is 6.04 Å². The van der Waals surface area contributed by atoms with Gasteiger partial charge in [0.1, 0.15) is 0 Å². The average molecular weight is 470 g/mol. The van der Waals surface area contributed by atoms with E-state index >= 15 is 0 Å². The second kappa shape index (κ2) is 14.5. The first-order valence-corrected chi connectivity index (χ1v) is 11.1. The molecule has 0 aliphatic carbocycles. The Labute approximate surface area is 193 Å². The summed E-state index contributed by atoms with van der Waals surface area (Å²) < 4.78 is 0. The van der Waals surface area contributed by atoms with Gasteiger partial charge in [-0.1, -0.05) is 12.1 Å². The second-order valence-corrected chi connectivity index (χ2v) is 8.26. The lowest BCUT2D eigenvalue weighted by molar-refractivity contribution is -0.384. The predicted octanol–water partition coefficient (Wildman–Crippen LogP) is 1.26. The van der Waals surface area contributed by atoms with Gasteiger partial charge in [0.25, 0.3) is 5.69 Å². The summed E-state index contributed by atoms with van der Waals surface area (Å²) >= 11 is 0. The Kier molecular flexibility index (Phi) is 12.5. The predicted molar refractivity (Wildman–Crippen MR) is 121 cm³/mol. The number of aliphatic hydroxyl groups excluding tert-OH is 2. The van der Waals surface area contributed by atoms with E-state index in [2.05, 4.69) is 24.1 Å². The van der Waals surface area contributed by atoms with Gasteiger partial charge in [0, 0.05) is 30.8 Å². The molecule has 2 fully saturated rings. The molecule has 11 heteroatoms. The third kappa shape index (κ3) is 10.7. The van der Waals surface area contributed by atoms with Crippen LogP contribution < -0.4 is 5.32 Å². The van der Waals surface area contributed by atoms with E-state index in [1.54, 1.807) is 12.1 Å². The lowest BCUT2D eigenvalue weighted by Gasteiger charge is -2.20. The molecule has 11 nitrogen and oxygen atoms in total. The Bertz CT molecular complexity index is 735. The van der Waals surface area contributed by atoms with E-state index in [4.69, 9.17) is 20.4 Å². The van der Waals surface area contributed by atoms with Gasteiger partial charge in [0.05, 0.1) is 4.92 Å². The fraction of sp³-hybridized carbons (Fsp3) is 0.636. The van der Waals surface area contributed by atoms with E-state index in [0.717, 1.165) is 19.0 Å². The van der Waals surface area contributed by atoms with Crippen LogP contribution in [0.25, 0.3) is 0 Å². The van der Waals surface area contributed by atoms with E-state index in [1.807, 2.05) is 12.1 Å². The molecule has 186 valence electrons. The normalized spacial score (nSPS) is 21.7. The number of nitro benzene ring substituents is 1. The molecule has 4 atom stereocenters. The summed E-state index contributed by atoms with van der Waals surface area (Å²) in [6.45, 7) is 7.98. The van der Waals surface area contributed by atoms with Crippen molar-refractivity contribution in [2.75, 3.05) is 19.6 Å². The Balaban J connectivity index is 0.000000287. The molecule has 2 heterocycles. The van der Waals surface area contributed by atoms with E-state index < -0.39 is 24.1 Å². The highest BCUT2D eigenvalue weighted by atomic mass is 16.6. The lowest BCUT2D eigenvalue weighted by Crippen LogP contribution is -2.39. The number of hydrogen-bond acceptors (Lipinski definition) is 8. The number of benzene rings is 1. The van der Waals surface area contributed by atoms with Crippen molar-refractivity contribution in [2.45, 2.75) is 70.2 Å². The summed E-state index contributed by atoms with van der Waals surface area (Å²) in [5, 5.41) is 46.4. The number of carboxylic acid groups (broad SMARTS) is 2. The second-order valence-electron chi connectivity index (χ2n) is 8.26. The monoisotopic (exact) mass is 469 g/mol. The largest absolute Gasteiger partial charge is 0.479 e. The molecular formula is C22H35N3O8. The van der Waals surface area contributed by atoms with E-state index in [9.17, 15) is 19.7 Å². The van der Waals surface area contributed by atoms with Crippen LogP contribution in [0, 0.1) is 10.1 Å². The molecule has 2 aliphatic heterocycles. The number of carbonyl (C=O) groups is 2. The summed E-state index contributed by atoms with van der Waals surface area (Å²) in [6.07, 6.45) is 1.78. The fourth-order valence-electron chi connectivity index (χ4n) is 3.51. The first-order valence-electron chi connectivity index (χ1n) is 11.1. The first kappa shape index (κ1) is 28.4. The molecule has 5 N–H and O–H groups in total. The van der Waals surface area contributed by atoms with Gasteiger partial charge >= 0.3 is 11.9 Å². The minimum absolute atomic E-state index is 0.170. The molecule has 0 saturated carbocycles. The number of aliphatic hydroxyl groups is 2. The average Bonchev–Trinajstić information content (AvgIpc) is 3.42. The minimum atomic E-state index is -2.27. The topological polar surface area (TPSA) is 173 Å². The van der Waals surface area contributed by atoms with E-state index in [1.165, 1.54) is 44.3 Å². The quantitative estimate of drug-likeness (QED) is 0.289. The number of rotatable bonds is 7. The van der Waals surface area contributed by atoms with Crippen LogP contribution in [0.15, 0.2) is 24.3 Å². The maximum atomic E-state index is 10.5. The van der Waals surface area contributed by atoms with Gasteiger partial charge in [0.15, 0.2) is 12.2 Å². The van der Waals surface area contributed by atoms with Crippen molar-refractivity contribution in [3.63, 3.8) is 0 Å². The van der Waals surface area contributed by atoms with Gasteiger partial charge in [-0.15, -0.1) is 0 Å². The molecular weight excluding hydrogens is 434 g/mol. The molecule has 3 rings (SSSR count). The minimum Gasteiger partial charge on any atom is -0.479 e. The number of non-ortho nitro benzene ring substituents is 1. The third-order valence-corrected chi connectivity index (χ3v) is 5.64. The molecule has 2 saturated heterocycles. The number of nitrogens with zero attached hydrogens (tertiary/aromatic N) is 2. The first-order chi connectivity index (χ1) is 15.5. The van der Waals surface area contributed by atoms with Gasteiger partial charge in [-0.2, -0.15) is 0 Å². The highest BCUT2D eigenvalue weighted by Gasteiger charge is 2.29. The molecule has 0 bridgehead atoms. The van der Waals surface area contributed by atoms with E-state index in [-0.39, 0.29) is 10.6 Å². The number of carboxylic acids is 2. The third-order valence-electron chi connectivity index (χ3n) is 5.64. The lowest BCUT2D eigenvalue weighted by atomic mass is 10.1. The maximum absolute atomic E-state index is 10.5. The Hall–Kier alpha value is -2.60. The summed E-state index contributed by atoms with van der Waals surface area (Å²) in [4.78, 5) is 32.2. The molecule has 0 amide bonds. The van der Waals surface area contributed by atoms with Crippen molar-refractivity contribution >= 4 is 17.6 Å². The molecule has 1 aromatic rings. The number of likely N-dealkylation sites (tertiary alicyclic amines) is 1. The van der Waals surface area contributed by atoms with Crippen molar-refractivity contribution in [1.82, 2.24) is 10.2 Å². The molecule has 0 unspecified atom stereocenters.